The van der Waals surface area contributed by atoms with Crippen LogP contribution in [0.15, 0.2) is 24.5 Å². The molecule has 0 aromatic carbocycles. The van der Waals surface area contributed by atoms with E-state index in [4.69, 9.17) is 0 Å². The minimum absolute atomic E-state index is 0.174. The maximum atomic E-state index is 12.0. The smallest absolute Gasteiger partial charge is 0.227 e. The molecule has 0 aliphatic carbocycles. The van der Waals surface area contributed by atoms with Crippen molar-refractivity contribution in [1.82, 2.24) is 10.3 Å². The van der Waals surface area contributed by atoms with Crippen LogP contribution in [0.4, 0.5) is 5.69 Å². The number of hydrogen-bond donors (Lipinski definition) is 1. The Labute approximate surface area is 94.7 Å². The van der Waals surface area contributed by atoms with Crippen molar-refractivity contribution in [3.8, 4) is 0 Å². The molecule has 1 spiro atoms. The number of nitrogens with zero attached hydrogens (tertiary/aromatic N) is 2. The highest BCUT2D eigenvalue weighted by Crippen LogP contribution is 2.38. The molecule has 3 rings (SSSR count). The molecular weight excluding hydrogens is 202 g/mol. The topological polar surface area (TPSA) is 45.2 Å². The maximum absolute atomic E-state index is 12.0. The van der Waals surface area contributed by atoms with Crippen LogP contribution >= 0.6 is 0 Å². The quantitative estimate of drug-likeness (QED) is 0.756. The van der Waals surface area contributed by atoms with Gasteiger partial charge in [0, 0.05) is 31.1 Å². The number of nitrogens with one attached hydrogen (secondary N) is 1. The highest BCUT2D eigenvalue weighted by atomic mass is 16.2. The van der Waals surface area contributed by atoms with E-state index in [0.29, 0.717) is 6.42 Å². The number of amides is 1. The van der Waals surface area contributed by atoms with Crippen molar-refractivity contribution in [2.75, 3.05) is 24.5 Å². The fourth-order valence-electron chi connectivity index (χ4n) is 2.73. The zero-order chi connectivity index (χ0) is 11.0. The monoisotopic (exact) mass is 217 g/mol. The maximum Gasteiger partial charge on any atom is 0.227 e. The van der Waals surface area contributed by atoms with Gasteiger partial charge in [-0.05, 0) is 25.1 Å². The normalized spacial score (nSPS) is 29.2. The van der Waals surface area contributed by atoms with Crippen molar-refractivity contribution in [2.45, 2.75) is 12.8 Å². The van der Waals surface area contributed by atoms with Crippen LogP contribution in [0.5, 0.6) is 0 Å². The second-order valence-electron chi connectivity index (χ2n) is 4.79. The van der Waals surface area contributed by atoms with Crippen LogP contribution in [-0.4, -0.2) is 30.5 Å². The Morgan fingerprint density at radius 3 is 3.12 bits per heavy atom. The van der Waals surface area contributed by atoms with E-state index in [-0.39, 0.29) is 11.3 Å². The first-order valence-corrected chi connectivity index (χ1v) is 5.70. The van der Waals surface area contributed by atoms with Gasteiger partial charge in [-0.2, -0.15) is 0 Å². The van der Waals surface area contributed by atoms with Crippen molar-refractivity contribution in [2.24, 2.45) is 5.41 Å². The molecule has 1 amide bonds. The van der Waals surface area contributed by atoms with Gasteiger partial charge in [-0.1, -0.05) is 0 Å². The molecule has 0 radical (unpaired) electrons. The van der Waals surface area contributed by atoms with E-state index in [0.717, 1.165) is 31.7 Å². The first kappa shape index (κ1) is 9.78. The third-order valence-corrected chi connectivity index (χ3v) is 3.61. The van der Waals surface area contributed by atoms with Crippen molar-refractivity contribution in [3.63, 3.8) is 0 Å². The standard InChI is InChI=1S/C12H15N3O/c16-11-6-12(3-5-14-8-12)9-15(11)10-2-1-4-13-7-10/h1-2,4,7,14H,3,5-6,8-9H2/t12-/m0/s1. The van der Waals surface area contributed by atoms with Gasteiger partial charge in [0.15, 0.2) is 0 Å². The third kappa shape index (κ3) is 1.50. The lowest BCUT2D eigenvalue weighted by molar-refractivity contribution is -0.117. The molecule has 1 N–H and O–H groups in total. The molecule has 2 saturated heterocycles. The second kappa shape index (κ2) is 3.56. The molecule has 4 heteroatoms. The van der Waals surface area contributed by atoms with Crippen molar-refractivity contribution >= 4 is 11.6 Å². The Morgan fingerprint density at radius 1 is 1.50 bits per heavy atom. The van der Waals surface area contributed by atoms with E-state index in [1.807, 2.05) is 17.0 Å². The number of pyridine rings is 1. The molecule has 4 nitrogen and oxygen atoms in total. The summed E-state index contributed by atoms with van der Waals surface area (Å²) >= 11 is 0. The largest absolute Gasteiger partial charge is 0.316 e. The van der Waals surface area contributed by atoms with Gasteiger partial charge in [-0.3, -0.25) is 9.78 Å². The summed E-state index contributed by atoms with van der Waals surface area (Å²) in [7, 11) is 0. The van der Waals surface area contributed by atoms with Gasteiger partial charge in [0.25, 0.3) is 0 Å². The molecule has 2 aliphatic heterocycles. The van der Waals surface area contributed by atoms with E-state index in [9.17, 15) is 4.79 Å². The predicted molar refractivity (Wildman–Crippen MR) is 61.1 cm³/mol. The number of anilines is 1. The molecule has 1 atom stereocenters. The first-order valence-electron chi connectivity index (χ1n) is 5.70. The molecule has 1 aromatic heterocycles. The van der Waals surface area contributed by atoms with E-state index in [2.05, 4.69) is 10.3 Å². The summed E-state index contributed by atoms with van der Waals surface area (Å²) in [5.74, 6) is 0.233. The Morgan fingerprint density at radius 2 is 2.44 bits per heavy atom. The highest BCUT2D eigenvalue weighted by molar-refractivity contribution is 5.96. The molecule has 16 heavy (non-hydrogen) atoms. The second-order valence-corrected chi connectivity index (χ2v) is 4.79. The molecule has 1 aromatic rings. The highest BCUT2D eigenvalue weighted by Gasteiger charge is 2.45. The molecule has 0 saturated carbocycles. The SMILES string of the molecule is O=C1C[C@]2(CCNC2)CN1c1cccnc1. The Balaban J connectivity index is 1.86. The van der Waals surface area contributed by atoms with Crippen LogP contribution in [0.25, 0.3) is 0 Å². The van der Waals surface area contributed by atoms with Gasteiger partial charge < -0.3 is 10.2 Å². The molecule has 84 valence electrons. The van der Waals surface area contributed by atoms with E-state index < -0.39 is 0 Å². The summed E-state index contributed by atoms with van der Waals surface area (Å²) in [6, 6.07) is 3.83. The first-order chi connectivity index (χ1) is 7.79. The van der Waals surface area contributed by atoms with Crippen LogP contribution in [0.3, 0.4) is 0 Å². The molecule has 2 fully saturated rings. The van der Waals surface area contributed by atoms with Gasteiger partial charge in [0.05, 0.1) is 11.9 Å². The van der Waals surface area contributed by atoms with Crippen LogP contribution in [-0.2, 0) is 4.79 Å². The van der Waals surface area contributed by atoms with Gasteiger partial charge in [-0.15, -0.1) is 0 Å². The number of carbonyl (C=O) groups excluding carboxylic acids is 1. The van der Waals surface area contributed by atoms with Crippen molar-refractivity contribution in [3.05, 3.63) is 24.5 Å². The predicted octanol–water partition coefficient (Wildman–Crippen LogP) is 0.798. The molecular formula is C12H15N3O. The Hall–Kier alpha value is -1.42. The molecule has 0 bridgehead atoms. The van der Waals surface area contributed by atoms with Gasteiger partial charge >= 0.3 is 0 Å². The van der Waals surface area contributed by atoms with Crippen molar-refractivity contribution < 1.29 is 4.79 Å². The summed E-state index contributed by atoms with van der Waals surface area (Å²) in [6.45, 7) is 2.84. The average molecular weight is 217 g/mol. The van der Waals surface area contributed by atoms with E-state index in [1.165, 1.54) is 0 Å². The number of carbonyl (C=O) groups is 1. The lowest BCUT2D eigenvalue weighted by Gasteiger charge is -2.21. The summed E-state index contributed by atoms with van der Waals surface area (Å²) in [5, 5.41) is 3.35. The number of aromatic nitrogens is 1. The fraction of sp³-hybridized carbons (Fsp3) is 0.500. The lowest BCUT2D eigenvalue weighted by atomic mass is 9.86. The Kier molecular flexibility index (Phi) is 2.17. The van der Waals surface area contributed by atoms with E-state index in [1.54, 1.807) is 12.4 Å². The van der Waals surface area contributed by atoms with Gasteiger partial charge in [-0.25, -0.2) is 0 Å². The molecule has 3 heterocycles. The zero-order valence-corrected chi connectivity index (χ0v) is 9.15. The van der Waals surface area contributed by atoms with Crippen molar-refractivity contribution in [1.29, 1.82) is 0 Å². The molecule has 0 unspecified atom stereocenters. The van der Waals surface area contributed by atoms with Gasteiger partial charge in [0.1, 0.15) is 0 Å². The Bertz CT molecular complexity index is 398. The lowest BCUT2D eigenvalue weighted by Crippen LogP contribution is -2.29. The van der Waals surface area contributed by atoms with Crippen LogP contribution in [0.2, 0.25) is 0 Å². The molecule has 2 aliphatic rings. The van der Waals surface area contributed by atoms with E-state index >= 15 is 0 Å². The number of hydrogen-bond acceptors (Lipinski definition) is 3. The summed E-state index contributed by atoms with van der Waals surface area (Å²) < 4.78 is 0. The van der Waals surface area contributed by atoms with Crippen LogP contribution in [0, 0.1) is 5.41 Å². The van der Waals surface area contributed by atoms with Crippen LogP contribution in [0.1, 0.15) is 12.8 Å². The minimum Gasteiger partial charge on any atom is -0.316 e. The minimum atomic E-state index is 0.174. The fourth-order valence-corrected chi connectivity index (χ4v) is 2.73. The number of rotatable bonds is 1. The van der Waals surface area contributed by atoms with Crippen LogP contribution < -0.4 is 10.2 Å². The van der Waals surface area contributed by atoms with Gasteiger partial charge in [0.2, 0.25) is 5.91 Å². The average Bonchev–Trinajstić information content (AvgIpc) is 2.88. The summed E-state index contributed by atoms with van der Waals surface area (Å²) in [5.41, 5.74) is 1.10. The third-order valence-electron chi connectivity index (χ3n) is 3.61. The summed E-state index contributed by atoms with van der Waals surface area (Å²) in [4.78, 5) is 18.0. The zero-order valence-electron chi connectivity index (χ0n) is 9.15. The summed E-state index contributed by atoms with van der Waals surface area (Å²) in [6.07, 6.45) is 5.28.